The summed E-state index contributed by atoms with van der Waals surface area (Å²) in [6, 6.07) is 0.346. The van der Waals surface area contributed by atoms with E-state index in [1.165, 1.54) is 0 Å². The van der Waals surface area contributed by atoms with Gasteiger partial charge in [-0.2, -0.15) is 11.8 Å². The molecule has 0 fully saturated rings. The molecule has 1 atom stereocenters. The first-order chi connectivity index (χ1) is 7.35. The lowest BCUT2D eigenvalue weighted by Crippen LogP contribution is -2.39. The molecule has 0 aliphatic heterocycles. The lowest BCUT2D eigenvalue weighted by molar-refractivity contribution is -0.120. The van der Waals surface area contributed by atoms with Gasteiger partial charge in [-0.1, -0.05) is 26.8 Å². The van der Waals surface area contributed by atoms with Crippen LogP contribution in [0.3, 0.4) is 0 Å². The molecule has 0 bridgehead atoms. The van der Waals surface area contributed by atoms with Crippen LogP contribution in [0.4, 0.5) is 0 Å². The summed E-state index contributed by atoms with van der Waals surface area (Å²) < 4.78 is 0.279. The minimum absolute atomic E-state index is 0.0208. The van der Waals surface area contributed by atoms with Gasteiger partial charge in [-0.15, -0.1) is 6.58 Å². The smallest absolute Gasteiger partial charge is 0.234 e. The van der Waals surface area contributed by atoms with E-state index in [0.717, 1.165) is 5.75 Å². The molecule has 16 heavy (non-hydrogen) atoms. The van der Waals surface area contributed by atoms with Gasteiger partial charge < -0.3 is 10.6 Å². The van der Waals surface area contributed by atoms with Crippen LogP contribution in [-0.4, -0.2) is 35.5 Å². The van der Waals surface area contributed by atoms with E-state index in [1.54, 1.807) is 6.08 Å². The first-order valence-electron chi connectivity index (χ1n) is 5.60. The van der Waals surface area contributed by atoms with Crippen LogP contribution >= 0.6 is 11.8 Å². The van der Waals surface area contributed by atoms with Gasteiger partial charge in [0, 0.05) is 23.1 Å². The fraction of sp³-hybridized carbons (Fsp3) is 0.750. The van der Waals surface area contributed by atoms with Crippen molar-refractivity contribution >= 4 is 17.7 Å². The largest absolute Gasteiger partial charge is 0.352 e. The lowest BCUT2D eigenvalue weighted by atomic mass is 10.3. The second-order valence-electron chi connectivity index (χ2n) is 4.80. The van der Waals surface area contributed by atoms with Crippen LogP contribution in [0.25, 0.3) is 0 Å². The van der Waals surface area contributed by atoms with Crippen molar-refractivity contribution in [3.63, 3.8) is 0 Å². The highest BCUT2D eigenvalue weighted by atomic mass is 32.2. The van der Waals surface area contributed by atoms with Crippen molar-refractivity contribution in [2.75, 3.05) is 18.8 Å². The van der Waals surface area contributed by atoms with Gasteiger partial charge in [0.25, 0.3) is 0 Å². The number of rotatable bonds is 7. The zero-order chi connectivity index (χ0) is 12.6. The van der Waals surface area contributed by atoms with Crippen molar-refractivity contribution < 1.29 is 4.79 Å². The Kier molecular flexibility index (Phi) is 7.51. The Hall–Kier alpha value is -0.480. The maximum absolute atomic E-state index is 11.3. The SMILES string of the molecule is C=CCNC(=O)CNC(C)CSC(C)(C)C. The number of nitrogens with one attached hydrogen (secondary N) is 2. The van der Waals surface area contributed by atoms with Crippen LogP contribution in [0.15, 0.2) is 12.7 Å². The van der Waals surface area contributed by atoms with E-state index in [4.69, 9.17) is 0 Å². The van der Waals surface area contributed by atoms with E-state index in [1.807, 2.05) is 11.8 Å². The second kappa shape index (κ2) is 7.74. The average molecular weight is 244 g/mol. The van der Waals surface area contributed by atoms with Crippen molar-refractivity contribution in [1.29, 1.82) is 0 Å². The molecule has 0 heterocycles. The normalized spacial score (nSPS) is 13.2. The maximum Gasteiger partial charge on any atom is 0.234 e. The first kappa shape index (κ1) is 15.5. The van der Waals surface area contributed by atoms with Crippen LogP contribution in [0.2, 0.25) is 0 Å². The minimum atomic E-state index is 0.0208. The predicted molar refractivity (Wildman–Crippen MR) is 72.9 cm³/mol. The summed E-state index contributed by atoms with van der Waals surface area (Å²) in [5, 5.41) is 5.93. The van der Waals surface area contributed by atoms with E-state index in [-0.39, 0.29) is 10.7 Å². The van der Waals surface area contributed by atoms with Crippen LogP contribution in [0, 0.1) is 0 Å². The van der Waals surface area contributed by atoms with Crippen molar-refractivity contribution in [2.45, 2.75) is 38.5 Å². The summed E-state index contributed by atoms with van der Waals surface area (Å²) in [5.74, 6) is 1.03. The van der Waals surface area contributed by atoms with Gasteiger partial charge in [-0.3, -0.25) is 4.79 Å². The Balaban J connectivity index is 3.60. The zero-order valence-electron chi connectivity index (χ0n) is 10.8. The standard InChI is InChI=1S/C12H24N2OS/c1-6-7-13-11(15)8-14-10(2)9-16-12(3,4)5/h6,10,14H,1,7-9H2,2-5H3,(H,13,15). The number of amides is 1. The van der Waals surface area contributed by atoms with Crippen LogP contribution in [-0.2, 0) is 4.79 Å². The number of carbonyl (C=O) groups is 1. The molecular formula is C12H24N2OS. The molecule has 94 valence electrons. The Labute approximate surface area is 103 Å². The number of hydrogen-bond acceptors (Lipinski definition) is 3. The summed E-state index contributed by atoms with van der Waals surface area (Å²) in [5.41, 5.74) is 0. The van der Waals surface area contributed by atoms with E-state index in [2.05, 4.69) is 44.9 Å². The molecule has 4 heteroatoms. The number of thioether (sulfide) groups is 1. The highest BCUT2D eigenvalue weighted by Gasteiger charge is 2.13. The van der Waals surface area contributed by atoms with Crippen molar-refractivity contribution in [1.82, 2.24) is 10.6 Å². The monoisotopic (exact) mass is 244 g/mol. The predicted octanol–water partition coefficient (Wildman–Crippen LogP) is 1.80. The molecule has 3 nitrogen and oxygen atoms in total. The molecule has 0 aliphatic carbocycles. The van der Waals surface area contributed by atoms with Crippen LogP contribution in [0.5, 0.6) is 0 Å². The lowest BCUT2D eigenvalue weighted by Gasteiger charge is -2.21. The Bertz CT molecular complexity index is 224. The van der Waals surface area contributed by atoms with E-state index < -0.39 is 0 Å². The molecule has 0 rings (SSSR count). The molecule has 0 aromatic heterocycles. The molecular weight excluding hydrogens is 220 g/mol. The van der Waals surface area contributed by atoms with Gasteiger partial charge in [0.2, 0.25) is 5.91 Å². The average Bonchev–Trinajstić information content (AvgIpc) is 2.19. The molecule has 2 N–H and O–H groups in total. The third-order valence-electron chi connectivity index (χ3n) is 1.82. The quantitative estimate of drug-likeness (QED) is 0.671. The molecule has 0 aromatic rings. The number of hydrogen-bond donors (Lipinski definition) is 2. The minimum Gasteiger partial charge on any atom is -0.352 e. The molecule has 0 spiro atoms. The molecule has 1 amide bonds. The highest BCUT2D eigenvalue weighted by Crippen LogP contribution is 2.23. The fourth-order valence-electron chi connectivity index (χ4n) is 0.949. The van der Waals surface area contributed by atoms with Gasteiger partial charge in [0.1, 0.15) is 0 Å². The third-order valence-corrected chi connectivity index (χ3v) is 3.35. The molecule has 0 radical (unpaired) electrons. The van der Waals surface area contributed by atoms with Crippen molar-refractivity contribution in [2.24, 2.45) is 0 Å². The summed E-state index contributed by atoms with van der Waals surface area (Å²) in [7, 11) is 0. The van der Waals surface area contributed by atoms with E-state index >= 15 is 0 Å². The van der Waals surface area contributed by atoms with Crippen molar-refractivity contribution in [3.8, 4) is 0 Å². The number of carbonyl (C=O) groups excluding carboxylic acids is 1. The zero-order valence-corrected chi connectivity index (χ0v) is 11.6. The summed E-state index contributed by atoms with van der Waals surface area (Å²) >= 11 is 1.90. The third kappa shape index (κ3) is 10.1. The molecule has 0 saturated heterocycles. The Morgan fingerprint density at radius 1 is 1.50 bits per heavy atom. The van der Waals surface area contributed by atoms with E-state index in [9.17, 15) is 4.79 Å². The molecule has 0 aromatic carbocycles. The first-order valence-corrected chi connectivity index (χ1v) is 6.58. The maximum atomic E-state index is 11.3. The molecule has 1 unspecified atom stereocenters. The van der Waals surface area contributed by atoms with Gasteiger partial charge in [-0.25, -0.2) is 0 Å². The molecule has 0 aliphatic rings. The topological polar surface area (TPSA) is 41.1 Å². The summed E-state index contributed by atoms with van der Waals surface area (Å²) in [6.45, 7) is 13.1. The highest BCUT2D eigenvalue weighted by molar-refractivity contribution is 8.00. The van der Waals surface area contributed by atoms with Gasteiger partial charge in [0.05, 0.1) is 6.54 Å². The molecule has 0 saturated carbocycles. The fourth-order valence-corrected chi connectivity index (χ4v) is 1.82. The Morgan fingerprint density at radius 2 is 2.12 bits per heavy atom. The summed E-state index contributed by atoms with van der Waals surface area (Å²) in [4.78, 5) is 11.3. The van der Waals surface area contributed by atoms with Crippen LogP contribution in [0.1, 0.15) is 27.7 Å². The Morgan fingerprint density at radius 3 is 2.62 bits per heavy atom. The van der Waals surface area contributed by atoms with E-state index in [0.29, 0.717) is 19.1 Å². The summed E-state index contributed by atoms with van der Waals surface area (Å²) in [6.07, 6.45) is 1.68. The van der Waals surface area contributed by atoms with Gasteiger partial charge in [-0.05, 0) is 6.92 Å². The van der Waals surface area contributed by atoms with Crippen molar-refractivity contribution in [3.05, 3.63) is 12.7 Å². The van der Waals surface area contributed by atoms with Crippen LogP contribution < -0.4 is 10.6 Å². The second-order valence-corrected chi connectivity index (χ2v) is 6.64. The van der Waals surface area contributed by atoms with Gasteiger partial charge in [0.15, 0.2) is 0 Å². The van der Waals surface area contributed by atoms with Gasteiger partial charge >= 0.3 is 0 Å².